The maximum atomic E-state index is 11.9. The van der Waals surface area contributed by atoms with Crippen LogP contribution in [0.25, 0.3) is 0 Å². The van der Waals surface area contributed by atoms with E-state index in [9.17, 15) is 4.79 Å². The molecule has 3 rings (SSSR count). The third kappa shape index (κ3) is 3.17. The molecule has 0 aromatic carbocycles. The van der Waals surface area contributed by atoms with Crippen LogP contribution in [0.5, 0.6) is 0 Å². The fraction of sp³-hybridized carbons (Fsp3) is 0.786. The van der Waals surface area contributed by atoms with Crippen LogP contribution in [0, 0.1) is 6.92 Å². The van der Waals surface area contributed by atoms with Crippen LogP contribution in [0.3, 0.4) is 0 Å². The minimum absolute atomic E-state index is 0.0416. The highest BCUT2D eigenvalue weighted by atomic mass is 16.5. The first-order chi connectivity index (χ1) is 9.74. The Morgan fingerprint density at radius 1 is 1.35 bits per heavy atom. The van der Waals surface area contributed by atoms with Gasteiger partial charge in [0.1, 0.15) is 5.82 Å². The molecule has 6 nitrogen and oxygen atoms in total. The summed E-state index contributed by atoms with van der Waals surface area (Å²) in [6.45, 7) is 3.21. The summed E-state index contributed by atoms with van der Waals surface area (Å²) >= 11 is 0. The Kier molecular flexibility index (Phi) is 4.00. The van der Waals surface area contributed by atoms with Crippen molar-refractivity contribution in [2.75, 3.05) is 6.61 Å². The molecule has 1 saturated carbocycles. The van der Waals surface area contributed by atoms with Gasteiger partial charge in [0.25, 0.3) is 0 Å². The maximum Gasteiger partial charge on any atom is 0.222 e. The smallest absolute Gasteiger partial charge is 0.222 e. The predicted octanol–water partition coefficient (Wildman–Crippen LogP) is 1.50. The summed E-state index contributed by atoms with van der Waals surface area (Å²) in [4.78, 5) is 11.9. The lowest BCUT2D eigenvalue weighted by molar-refractivity contribution is -0.125. The van der Waals surface area contributed by atoms with E-state index in [-0.39, 0.29) is 12.0 Å². The Morgan fingerprint density at radius 2 is 2.20 bits per heavy atom. The third-order valence-electron chi connectivity index (χ3n) is 3.98. The SMILES string of the molecule is Cc1nnc(CNC(=O)C[C@H]2CCCCO2)n1C1CC1. The second-order valence-corrected chi connectivity index (χ2v) is 5.73. The van der Waals surface area contributed by atoms with E-state index in [1.54, 1.807) is 0 Å². The Bertz CT molecular complexity index is 476. The van der Waals surface area contributed by atoms with Crippen LogP contribution in [0.4, 0.5) is 0 Å². The van der Waals surface area contributed by atoms with Gasteiger partial charge in [0.05, 0.1) is 19.1 Å². The number of nitrogens with zero attached hydrogens (tertiary/aromatic N) is 3. The molecule has 0 radical (unpaired) electrons. The number of carbonyl (C=O) groups is 1. The number of carbonyl (C=O) groups excluding carboxylic acids is 1. The van der Waals surface area contributed by atoms with Gasteiger partial charge in [0.15, 0.2) is 5.82 Å². The van der Waals surface area contributed by atoms with Crippen molar-refractivity contribution in [3.63, 3.8) is 0 Å². The highest BCUT2D eigenvalue weighted by molar-refractivity contribution is 5.76. The van der Waals surface area contributed by atoms with Crippen molar-refractivity contribution in [3.05, 3.63) is 11.6 Å². The second kappa shape index (κ2) is 5.91. The molecule has 2 fully saturated rings. The third-order valence-corrected chi connectivity index (χ3v) is 3.98. The summed E-state index contributed by atoms with van der Waals surface area (Å²) < 4.78 is 7.73. The molecule has 1 aliphatic heterocycles. The van der Waals surface area contributed by atoms with Crippen LogP contribution in [-0.4, -0.2) is 33.4 Å². The fourth-order valence-corrected chi connectivity index (χ4v) is 2.77. The zero-order valence-corrected chi connectivity index (χ0v) is 12.0. The van der Waals surface area contributed by atoms with E-state index >= 15 is 0 Å². The highest BCUT2D eigenvalue weighted by Crippen LogP contribution is 2.36. The summed E-state index contributed by atoms with van der Waals surface area (Å²) in [6.07, 6.45) is 6.19. The second-order valence-electron chi connectivity index (χ2n) is 5.73. The van der Waals surface area contributed by atoms with Gasteiger partial charge in [-0.05, 0) is 39.0 Å². The lowest BCUT2D eigenvalue weighted by Gasteiger charge is -2.21. The fourth-order valence-electron chi connectivity index (χ4n) is 2.77. The molecule has 20 heavy (non-hydrogen) atoms. The van der Waals surface area contributed by atoms with E-state index in [1.165, 1.54) is 12.8 Å². The van der Waals surface area contributed by atoms with Crippen LogP contribution in [0.15, 0.2) is 0 Å². The van der Waals surface area contributed by atoms with E-state index in [0.29, 0.717) is 19.0 Å². The predicted molar refractivity (Wildman–Crippen MR) is 73.1 cm³/mol. The van der Waals surface area contributed by atoms with Crippen LogP contribution >= 0.6 is 0 Å². The largest absolute Gasteiger partial charge is 0.378 e. The van der Waals surface area contributed by atoms with Crippen LogP contribution in [-0.2, 0) is 16.1 Å². The van der Waals surface area contributed by atoms with Gasteiger partial charge in [-0.1, -0.05) is 0 Å². The number of hydrogen-bond donors (Lipinski definition) is 1. The molecule has 1 aromatic rings. The minimum atomic E-state index is 0.0416. The molecule has 1 aliphatic carbocycles. The molecule has 1 saturated heterocycles. The van der Waals surface area contributed by atoms with Crippen molar-refractivity contribution < 1.29 is 9.53 Å². The number of aryl methyl sites for hydroxylation is 1. The molecule has 0 spiro atoms. The summed E-state index contributed by atoms with van der Waals surface area (Å²) in [5.74, 6) is 1.84. The molecule has 0 unspecified atom stereocenters. The molecule has 6 heteroatoms. The monoisotopic (exact) mass is 278 g/mol. The van der Waals surface area contributed by atoms with Crippen LogP contribution < -0.4 is 5.32 Å². The molecular weight excluding hydrogens is 256 g/mol. The Hall–Kier alpha value is -1.43. The van der Waals surface area contributed by atoms with Gasteiger partial charge >= 0.3 is 0 Å². The molecule has 1 atom stereocenters. The first kappa shape index (κ1) is 13.5. The minimum Gasteiger partial charge on any atom is -0.378 e. The van der Waals surface area contributed by atoms with Crippen molar-refractivity contribution in [1.29, 1.82) is 0 Å². The van der Waals surface area contributed by atoms with E-state index in [0.717, 1.165) is 37.5 Å². The topological polar surface area (TPSA) is 69.0 Å². The van der Waals surface area contributed by atoms with Crippen molar-refractivity contribution >= 4 is 5.91 Å². The summed E-state index contributed by atoms with van der Waals surface area (Å²) in [7, 11) is 0. The first-order valence-electron chi connectivity index (χ1n) is 7.52. The number of ether oxygens (including phenoxy) is 1. The number of aromatic nitrogens is 3. The quantitative estimate of drug-likeness (QED) is 0.886. The van der Waals surface area contributed by atoms with E-state index < -0.39 is 0 Å². The molecule has 1 aromatic heterocycles. The standard InChI is InChI=1S/C14H22N4O2/c1-10-16-17-13(18(10)11-5-6-11)9-15-14(19)8-12-4-2-3-7-20-12/h11-12H,2-9H2,1H3,(H,15,19)/t12-/m1/s1. The summed E-state index contributed by atoms with van der Waals surface area (Å²) in [5.41, 5.74) is 0. The molecule has 2 aliphatic rings. The zero-order chi connectivity index (χ0) is 13.9. The van der Waals surface area contributed by atoms with Gasteiger partial charge in [0.2, 0.25) is 5.91 Å². The number of amides is 1. The summed E-state index contributed by atoms with van der Waals surface area (Å²) in [5, 5.41) is 11.2. The molecule has 1 N–H and O–H groups in total. The lowest BCUT2D eigenvalue weighted by Crippen LogP contribution is -2.30. The molecule has 1 amide bonds. The lowest BCUT2D eigenvalue weighted by atomic mass is 10.1. The normalized spacial score (nSPS) is 22.8. The molecule has 2 heterocycles. The van der Waals surface area contributed by atoms with Gasteiger partial charge in [-0.15, -0.1) is 10.2 Å². The van der Waals surface area contributed by atoms with E-state index in [2.05, 4.69) is 20.1 Å². The highest BCUT2D eigenvalue weighted by Gasteiger charge is 2.28. The maximum absolute atomic E-state index is 11.9. The van der Waals surface area contributed by atoms with Crippen molar-refractivity contribution in [1.82, 2.24) is 20.1 Å². The molecule has 110 valence electrons. The number of rotatable bonds is 5. The van der Waals surface area contributed by atoms with Crippen molar-refractivity contribution in [3.8, 4) is 0 Å². The van der Waals surface area contributed by atoms with Gasteiger partial charge in [0, 0.05) is 12.6 Å². The van der Waals surface area contributed by atoms with Gasteiger partial charge in [-0.2, -0.15) is 0 Å². The Labute approximate surface area is 118 Å². The van der Waals surface area contributed by atoms with E-state index in [4.69, 9.17) is 4.74 Å². The Balaban J connectivity index is 1.50. The van der Waals surface area contributed by atoms with Crippen LogP contribution in [0.1, 0.15) is 56.2 Å². The average Bonchev–Trinajstić information content (AvgIpc) is 3.21. The van der Waals surface area contributed by atoms with Gasteiger partial charge < -0.3 is 14.6 Å². The summed E-state index contributed by atoms with van der Waals surface area (Å²) in [6, 6.07) is 0.540. The first-order valence-corrected chi connectivity index (χ1v) is 7.52. The van der Waals surface area contributed by atoms with Gasteiger partial charge in [-0.3, -0.25) is 4.79 Å². The zero-order valence-electron chi connectivity index (χ0n) is 12.0. The van der Waals surface area contributed by atoms with Crippen molar-refractivity contribution in [2.24, 2.45) is 0 Å². The number of nitrogens with one attached hydrogen (secondary N) is 1. The molecular formula is C14H22N4O2. The van der Waals surface area contributed by atoms with E-state index in [1.807, 2.05) is 6.92 Å². The van der Waals surface area contributed by atoms with Crippen molar-refractivity contribution in [2.45, 2.75) is 64.1 Å². The average molecular weight is 278 g/mol. The number of hydrogen-bond acceptors (Lipinski definition) is 4. The Morgan fingerprint density at radius 3 is 2.90 bits per heavy atom. The van der Waals surface area contributed by atoms with Gasteiger partial charge in [-0.25, -0.2) is 0 Å². The molecule has 0 bridgehead atoms. The van der Waals surface area contributed by atoms with Crippen LogP contribution in [0.2, 0.25) is 0 Å².